The van der Waals surface area contributed by atoms with E-state index >= 15 is 0 Å². The second-order valence-electron chi connectivity index (χ2n) is 1.02. The Morgan fingerprint density at radius 1 is 2.00 bits per heavy atom. The van der Waals surface area contributed by atoms with Crippen LogP contribution in [-0.4, -0.2) is 10.9 Å². The fourth-order valence-electron chi connectivity index (χ4n) is 0.0707. The maximum atomic E-state index is 7.86. The van der Waals surface area contributed by atoms with Crippen LogP contribution in [0, 0.1) is 6.92 Å². The van der Waals surface area contributed by atoms with Gasteiger partial charge in [0.15, 0.2) is 0 Å². The molecule has 1 radical (unpaired) electrons. The first kappa shape index (κ1) is 5.47. The zero-order valence-electron chi connectivity index (χ0n) is 3.81. The van der Waals surface area contributed by atoms with Crippen LogP contribution in [0.25, 0.3) is 0 Å². The zero-order valence-corrected chi connectivity index (χ0v) is 3.81. The van der Waals surface area contributed by atoms with Gasteiger partial charge in [-0.15, -0.1) is 0 Å². The first-order valence-corrected chi connectivity index (χ1v) is 1.84. The molecule has 0 fully saturated rings. The maximum Gasteiger partial charge on any atom is 0.0571 e. The van der Waals surface area contributed by atoms with Crippen molar-refractivity contribution in [1.29, 1.82) is 0 Å². The molecule has 2 heteroatoms. The zero-order chi connectivity index (χ0) is 4.99. The van der Waals surface area contributed by atoms with E-state index in [1.807, 2.05) is 6.92 Å². The van der Waals surface area contributed by atoms with E-state index in [0.717, 1.165) is 6.42 Å². The highest BCUT2D eigenvalue weighted by Crippen LogP contribution is 1.77. The minimum atomic E-state index is 0.523. The van der Waals surface area contributed by atoms with Crippen LogP contribution < -0.4 is 0 Å². The highest BCUT2D eigenvalue weighted by molar-refractivity contribution is 5.87. The van der Waals surface area contributed by atoms with Crippen molar-refractivity contribution in [3.63, 3.8) is 0 Å². The van der Waals surface area contributed by atoms with Crippen LogP contribution in [0.2, 0.25) is 0 Å². The van der Waals surface area contributed by atoms with Gasteiger partial charge in [0.25, 0.3) is 0 Å². The highest BCUT2D eigenvalue weighted by atomic mass is 16.4. The number of rotatable bonds is 1. The van der Waals surface area contributed by atoms with Crippen LogP contribution in [0.3, 0.4) is 0 Å². The minimum absolute atomic E-state index is 0.523. The van der Waals surface area contributed by atoms with Gasteiger partial charge in [-0.3, -0.25) is 0 Å². The van der Waals surface area contributed by atoms with Gasteiger partial charge < -0.3 is 5.21 Å². The molecule has 0 aromatic carbocycles. The van der Waals surface area contributed by atoms with E-state index in [0.29, 0.717) is 5.71 Å². The second kappa shape index (κ2) is 2.69. The van der Waals surface area contributed by atoms with Crippen molar-refractivity contribution in [1.82, 2.24) is 0 Å². The van der Waals surface area contributed by atoms with Crippen LogP contribution in [0.4, 0.5) is 0 Å². The topological polar surface area (TPSA) is 32.6 Å². The summed E-state index contributed by atoms with van der Waals surface area (Å²) in [4.78, 5) is 0. The molecular formula is C4H8NO. The molecule has 0 aliphatic heterocycles. The third kappa shape index (κ3) is 1.76. The van der Waals surface area contributed by atoms with Crippen molar-refractivity contribution in [3.05, 3.63) is 6.92 Å². The number of oxime groups is 1. The van der Waals surface area contributed by atoms with Gasteiger partial charge >= 0.3 is 0 Å². The normalized spacial score (nSPS) is 12.0. The number of nitrogens with zero attached hydrogens (tertiary/aromatic N) is 1. The lowest BCUT2D eigenvalue weighted by molar-refractivity contribution is 0.318. The molecule has 35 valence electrons. The predicted molar refractivity (Wildman–Crippen MR) is 24.9 cm³/mol. The van der Waals surface area contributed by atoms with Crippen LogP contribution >= 0.6 is 0 Å². The van der Waals surface area contributed by atoms with E-state index in [1.54, 1.807) is 0 Å². The number of hydrogen-bond donors (Lipinski definition) is 1. The average Bonchev–Trinajstić information content (AvgIpc) is 1.65. The van der Waals surface area contributed by atoms with Gasteiger partial charge in [-0.2, -0.15) is 0 Å². The second-order valence-corrected chi connectivity index (χ2v) is 1.02. The predicted octanol–water partition coefficient (Wildman–Crippen LogP) is 1.06. The fraction of sp³-hybridized carbons (Fsp3) is 0.500. The largest absolute Gasteiger partial charge is 0.411 e. The van der Waals surface area contributed by atoms with E-state index in [2.05, 4.69) is 12.1 Å². The summed E-state index contributed by atoms with van der Waals surface area (Å²) in [5.74, 6) is 0. The first-order chi connectivity index (χ1) is 2.81. The minimum Gasteiger partial charge on any atom is -0.411 e. The lowest BCUT2D eigenvalue weighted by Gasteiger charge is -1.81. The molecule has 0 spiro atoms. The molecule has 0 aromatic heterocycles. The summed E-state index contributed by atoms with van der Waals surface area (Å²) in [6, 6.07) is 0. The molecule has 2 nitrogen and oxygen atoms in total. The molecule has 0 rings (SSSR count). The van der Waals surface area contributed by atoms with Gasteiger partial charge in [0.2, 0.25) is 0 Å². The standard InChI is InChI=1S/C4H8NO/c1-3-4(2)5-6/h6H,2-3H2,1H3/b5-4-. The van der Waals surface area contributed by atoms with Crippen molar-refractivity contribution < 1.29 is 5.21 Å². The van der Waals surface area contributed by atoms with Gasteiger partial charge in [-0.1, -0.05) is 12.1 Å². The van der Waals surface area contributed by atoms with Gasteiger partial charge in [0.1, 0.15) is 0 Å². The Morgan fingerprint density at radius 3 is 2.50 bits per heavy atom. The molecule has 0 aliphatic rings. The molecule has 1 N–H and O–H groups in total. The molecule has 0 aliphatic carbocycles. The van der Waals surface area contributed by atoms with Crippen LogP contribution in [0.15, 0.2) is 5.16 Å². The molecule has 6 heavy (non-hydrogen) atoms. The maximum absolute atomic E-state index is 7.86. The Bertz CT molecular complexity index is 58.6. The smallest absolute Gasteiger partial charge is 0.0571 e. The lowest BCUT2D eigenvalue weighted by atomic mass is 10.3. The van der Waals surface area contributed by atoms with Crippen molar-refractivity contribution in [2.75, 3.05) is 0 Å². The summed E-state index contributed by atoms with van der Waals surface area (Å²) < 4.78 is 0. The van der Waals surface area contributed by atoms with E-state index in [1.165, 1.54) is 0 Å². The molecule has 0 unspecified atom stereocenters. The molecule has 0 atom stereocenters. The quantitative estimate of drug-likeness (QED) is 0.289. The molecule has 0 amide bonds. The lowest BCUT2D eigenvalue weighted by Crippen LogP contribution is -1.84. The Kier molecular flexibility index (Phi) is 2.46. The summed E-state index contributed by atoms with van der Waals surface area (Å²) in [6.45, 7) is 5.25. The Labute approximate surface area is 37.5 Å². The van der Waals surface area contributed by atoms with E-state index in [9.17, 15) is 0 Å². The van der Waals surface area contributed by atoms with E-state index in [-0.39, 0.29) is 0 Å². The Balaban J connectivity index is 3.22. The molecule has 0 bridgehead atoms. The fourth-order valence-corrected chi connectivity index (χ4v) is 0.0707. The van der Waals surface area contributed by atoms with E-state index < -0.39 is 0 Å². The summed E-state index contributed by atoms with van der Waals surface area (Å²) in [5.41, 5.74) is 0.523. The van der Waals surface area contributed by atoms with Crippen LogP contribution in [0.1, 0.15) is 13.3 Å². The van der Waals surface area contributed by atoms with Crippen LogP contribution in [0.5, 0.6) is 0 Å². The van der Waals surface area contributed by atoms with Gasteiger partial charge in [-0.05, 0) is 13.3 Å². The summed E-state index contributed by atoms with van der Waals surface area (Å²) in [7, 11) is 0. The van der Waals surface area contributed by atoms with Crippen molar-refractivity contribution >= 4 is 5.71 Å². The average molecular weight is 86.1 g/mol. The Hall–Kier alpha value is -0.530. The molecular weight excluding hydrogens is 78.0 g/mol. The number of hydrogen-bond acceptors (Lipinski definition) is 2. The summed E-state index contributed by atoms with van der Waals surface area (Å²) >= 11 is 0. The third-order valence-corrected chi connectivity index (χ3v) is 0.550. The van der Waals surface area contributed by atoms with Crippen molar-refractivity contribution in [3.8, 4) is 0 Å². The van der Waals surface area contributed by atoms with Crippen molar-refractivity contribution in [2.24, 2.45) is 5.16 Å². The van der Waals surface area contributed by atoms with Crippen molar-refractivity contribution in [2.45, 2.75) is 13.3 Å². The van der Waals surface area contributed by atoms with Gasteiger partial charge in [0, 0.05) is 0 Å². The highest BCUT2D eigenvalue weighted by Gasteiger charge is 1.78. The SMILES string of the molecule is [CH2]/C(CC)=N/O. The summed E-state index contributed by atoms with van der Waals surface area (Å²) in [5, 5.41) is 10.7. The first-order valence-electron chi connectivity index (χ1n) is 1.84. The molecule has 0 aromatic rings. The molecule has 0 saturated carbocycles. The van der Waals surface area contributed by atoms with Gasteiger partial charge in [0.05, 0.1) is 5.71 Å². The third-order valence-electron chi connectivity index (χ3n) is 0.550. The molecule has 0 saturated heterocycles. The van der Waals surface area contributed by atoms with E-state index in [4.69, 9.17) is 5.21 Å². The Morgan fingerprint density at radius 2 is 2.50 bits per heavy atom. The monoisotopic (exact) mass is 86.1 g/mol. The summed E-state index contributed by atoms with van der Waals surface area (Å²) in [6.07, 6.45) is 0.719. The van der Waals surface area contributed by atoms with Crippen LogP contribution in [-0.2, 0) is 0 Å². The van der Waals surface area contributed by atoms with Gasteiger partial charge in [-0.25, -0.2) is 0 Å². The molecule has 0 heterocycles.